The summed E-state index contributed by atoms with van der Waals surface area (Å²) in [6, 6.07) is 7.69. The first-order chi connectivity index (χ1) is 13.3. The molecule has 0 radical (unpaired) electrons. The number of ether oxygens (including phenoxy) is 2. The van der Waals surface area contributed by atoms with Gasteiger partial charge in [0.05, 0.1) is 19.8 Å². The van der Waals surface area contributed by atoms with Crippen molar-refractivity contribution >= 4 is 35.9 Å². The van der Waals surface area contributed by atoms with Crippen LogP contribution in [0.1, 0.15) is 5.56 Å². The third kappa shape index (κ3) is 5.05. The lowest BCUT2D eigenvalue weighted by Gasteiger charge is -2.16. The van der Waals surface area contributed by atoms with Crippen molar-refractivity contribution in [3.05, 3.63) is 29.8 Å². The normalized spacial score (nSPS) is 18.1. The van der Waals surface area contributed by atoms with Crippen LogP contribution in [-0.4, -0.2) is 76.7 Å². The Bertz CT molecular complexity index is 781. The van der Waals surface area contributed by atoms with Gasteiger partial charge in [0, 0.05) is 32.0 Å². The van der Waals surface area contributed by atoms with Gasteiger partial charge in [0.25, 0.3) is 0 Å². The van der Waals surface area contributed by atoms with Gasteiger partial charge in [-0.15, -0.1) is 0 Å². The van der Waals surface area contributed by atoms with Crippen LogP contribution in [-0.2, 0) is 9.47 Å². The minimum Gasteiger partial charge on any atom is -0.383 e. The molecule has 0 amide bonds. The number of nitrogens with one attached hydrogen (secondary N) is 2. The smallest absolute Gasteiger partial charge is 0.169 e. The molecule has 0 saturated carbocycles. The van der Waals surface area contributed by atoms with Crippen LogP contribution in [0.25, 0.3) is 0 Å². The lowest BCUT2D eigenvalue weighted by atomic mass is 10.1. The monoisotopic (exact) mass is 369 g/mol. The van der Waals surface area contributed by atoms with E-state index in [0.29, 0.717) is 38.0 Å². The first-order valence-electron chi connectivity index (χ1n) is 8.65. The summed E-state index contributed by atoms with van der Waals surface area (Å²) in [6.07, 6.45) is 3.00. The number of nitrogens with zero attached hydrogens (tertiary/aromatic N) is 5. The summed E-state index contributed by atoms with van der Waals surface area (Å²) >= 11 is 0. The number of rotatable bonds is 8. The Balaban J connectivity index is 1.67. The van der Waals surface area contributed by atoms with Crippen LogP contribution >= 0.6 is 0 Å². The summed E-state index contributed by atoms with van der Waals surface area (Å²) < 4.78 is 10.2. The molecule has 0 fully saturated rings. The van der Waals surface area contributed by atoms with Gasteiger partial charge in [0.1, 0.15) is 24.3 Å². The molecule has 0 saturated heterocycles. The number of methoxy groups -OCH3 is 2. The molecule has 3 rings (SSSR count). The molecule has 2 aliphatic heterocycles. The minimum absolute atomic E-state index is 0.253. The quantitative estimate of drug-likeness (QED) is 0.405. The molecular formula is C18H23N7O2. The van der Waals surface area contributed by atoms with Crippen molar-refractivity contribution in [2.45, 2.75) is 6.04 Å². The van der Waals surface area contributed by atoms with E-state index >= 15 is 0 Å². The van der Waals surface area contributed by atoms with Crippen LogP contribution in [0.3, 0.4) is 0 Å². The number of hydrogen-bond donors (Lipinski definition) is 2. The maximum Gasteiger partial charge on any atom is 0.169 e. The fraction of sp³-hybridized carbons (Fsp3) is 0.389. The topological polar surface area (TPSA) is 104 Å². The van der Waals surface area contributed by atoms with E-state index < -0.39 is 0 Å². The molecule has 2 aliphatic rings. The van der Waals surface area contributed by atoms with E-state index in [1.165, 1.54) is 12.7 Å². The molecule has 1 atom stereocenters. The fourth-order valence-corrected chi connectivity index (χ4v) is 2.54. The third-order valence-electron chi connectivity index (χ3n) is 3.89. The maximum atomic E-state index is 5.09. The summed E-state index contributed by atoms with van der Waals surface area (Å²) in [6.45, 7) is 2.45. The molecule has 0 aliphatic carbocycles. The Labute approximate surface area is 158 Å². The van der Waals surface area contributed by atoms with E-state index in [2.05, 4.69) is 35.6 Å². The van der Waals surface area contributed by atoms with Gasteiger partial charge in [-0.05, 0) is 24.3 Å². The molecule has 1 unspecified atom stereocenters. The number of fused-ring (bicyclic) bond motifs is 1. The maximum absolute atomic E-state index is 5.09. The van der Waals surface area contributed by atoms with E-state index in [1.807, 2.05) is 24.3 Å². The average Bonchev–Trinajstić information content (AvgIpc) is 3.18. The highest BCUT2D eigenvalue weighted by atomic mass is 16.5. The Morgan fingerprint density at radius 3 is 2.67 bits per heavy atom. The van der Waals surface area contributed by atoms with Crippen molar-refractivity contribution in [2.24, 2.45) is 25.0 Å². The molecule has 0 spiro atoms. The van der Waals surface area contributed by atoms with Gasteiger partial charge in [-0.1, -0.05) is 0 Å². The Kier molecular flexibility index (Phi) is 6.78. The molecule has 9 heteroatoms. The van der Waals surface area contributed by atoms with E-state index in [1.54, 1.807) is 14.2 Å². The van der Waals surface area contributed by atoms with Crippen LogP contribution in [0.15, 0.2) is 49.2 Å². The van der Waals surface area contributed by atoms with E-state index in [-0.39, 0.29) is 6.04 Å². The number of benzene rings is 1. The van der Waals surface area contributed by atoms with Crippen LogP contribution in [0.4, 0.5) is 5.69 Å². The summed E-state index contributed by atoms with van der Waals surface area (Å²) in [7, 11) is 3.34. The van der Waals surface area contributed by atoms with Crippen LogP contribution in [0.5, 0.6) is 0 Å². The van der Waals surface area contributed by atoms with Crippen LogP contribution in [0.2, 0.25) is 0 Å². The molecule has 27 heavy (non-hydrogen) atoms. The Hall–Kier alpha value is -2.91. The molecule has 2 heterocycles. The lowest BCUT2D eigenvalue weighted by Crippen LogP contribution is -2.33. The van der Waals surface area contributed by atoms with E-state index in [4.69, 9.17) is 9.47 Å². The molecule has 9 nitrogen and oxygen atoms in total. The summed E-state index contributed by atoms with van der Waals surface area (Å²) in [5, 5.41) is 6.59. The molecule has 0 aromatic heterocycles. The number of aliphatic imine (C=N–C) groups is 5. The molecule has 2 N–H and O–H groups in total. The van der Waals surface area contributed by atoms with Gasteiger partial charge < -0.3 is 20.1 Å². The molecule has 142 valence electrons. The van der Waals surface area contributed by atoms with Crippen molar-refractivity contribution in [1.29, 1.82) is 0 Å². The van der Waals surface area contributed by atoms with Gasteiger partial charge >= 0.3 is 0 Å². The highest BCUT2D eigenvalue weighted by molar-refractivity contribution is 6.23. The van der Waals surface area contributed by atoms with Crippen molar-refractivity contribution < 1.29 is 9.47 Å². The number of anilines is 1. The molecule has 0 bridgehead atoms. The zero-order valence-corrected chi connectivity index (χ0v) is 15.4. The second-order valence-corrected chi connectivity index (χ2v) is 5.76. The van der Waals surface area contributed by atoms with Gasteiger partial charge in [-0.2, -0.15) is 0 Å². The second-order valence-electron chi connectivity index (χ2n) is 5.76. The van der Waals surface area contributed by atoms with Gasteiger partial charge in [0.2, 0.25) is 0 Å². The standard InChI is InChI=1S/C18H23N7O2/c1-26-9-7-19-16(20-8-10-27-2)13-3-5-14(6-4-13)25-18-15-17(22-11-21-15)23-12-24-18/h3-6,11-12,15H,7-10H2,1-2H3,(H,19,20)(H,21,22,23,24,25). The summed E-state index contributed by atoms with van der Waals surface area (Å²) in [5.74, 6) is 2.17. The summed E-state index contributed by atoms with van der Waals surface area (Å²) in [5.41, 5.74) is 1.89. The largest absolute Gasteiger partial charge is 0.383 e. The van der Waals surface area contributed by atoms with Gasteiger partial charge in [-0.3, -0.25) is 9.98 Å². The van der Waals surface area contributed by atoms with Crippen LogP contribution in [0, 0.1) is 0 Å². The minimum atomic E-state index is -0.253. The third-order valence-corrected chi connectivity index (χ3v) is 3.89. The zero-order chi connectivity index (χ0) is 18.9. The Morgan fingerprint density at radius 1 is 1.07 bits per heavy atom. The molecule has 1 aromatic carbocycles. The van der Waals surface area contributed by atoms with Crippen molar-refractivity contribution in [3.8, 4) is 0 Å². The molecule has 1 aromatic rings. The highest BCUT2D eigenvalue weighted by Crippen LogP contribution is 2.15. The van der Waals surface area contributed by atoms with Gasteiger partial charge in [-0.25, -0.2) is 15.0 Å². The van der Waals surface area contributed by atoms with E-state index in [0.717, 1.165) is 17.1 Å². The van der Waals surface area contributed by atoms with Crippen molar-refractivity contribution in [2.75, 3.05) is 45.8 Å². The Morgan fingerprint density at radius 2 is 1.89 bits per heavy atom. The zero-order valence-electron chi connectivity index (χ0n) is 15.4. The first-order valence-corrected chi connectivity index (χ1v) is 8.65. The summed E-state index contributed by atoms with van der Waals surface area (Å²) in [4.78, 5) is 21.4. The number of hydrogen-bond acceptors (Lipinski definition) is 8. The second kappa shape index (κ2) is 9.70. The predicted molar refractivity (Wildman–Crippen MR) is 109 cm³/mol. The SMILES string of the molecule is COCCN=C(NCCOC)c1ccc(NC2=NC=NC3=NC=NC32)cc1. The van der Waals surface area contributed by atoms with Crippen molar-refractivity contribution in [3.63, 3.8) is 0 Å². The predicted octanol–water partition coefficient (Wildman–Crippen LogP) is 0.977. The van der Waals surface area contributed by atoms with Gasteiger partial charge in [0.15, 0.2) is 11.9 Å². The highest BCUT2D eigenvalue weighted by Gasteiger charge is 2.26. The first kappa shape index (κ1) is 18.9. The molecular weight excluding hydrogens is 346 g/mol. The number of amidine groups is 3. The average molecular weight is 369 g/mol. The van der Waals surface area contributed by atoms with Crippen molar-refractivity contribution in [1.82, 2.24) is 5.32 Å². The van der Waals surface area contributed by atoms with Crippen LogP contribution < -0.4 is 10.6 Å². The lowest BCUT2D eigenvalue weighted by molar-refractivity contribution is 0.203. The fourth-order valence-electron chi connectivity index (χ4n) is 2.54. The van der Waals surface area contributed by atoms with E-state index in [9.17, 15) is 0 Å².